The van der Waals surface area contributed by atoms with E-state index in [0.717, 1.165) is 38.2 Å². The van der Waals surface area contributed by atoms with Crippen LogP contribution >= 0.6 is 0 Å². The van der Waals surface area contributed by atoms with Crippen LogP contribution in [0.4, 0.5) is 8.78 Å². The first kappa shape index (κ1) is 20.7. The number of pyridine rings is 1. The van der Waals surface area contributed by atoms with Gasteiger partial charge in [-0.2, -0.15) is 0 Å². The standard InChI is InChI=1S/C23H23F2N3O4/c24-15-4-3-14(17(25)8-15)9-26-21(31)16-11-27-12-23-6-1-2-13(5-7-23)10-28(23)22(32)18(27)20(30)19(16)29/h3-4,8,11,13,30H,1-2,5-7,9-10,12H2,(H,26,31)/t13-,23+/m1/s1. The van der Waals surface area contributed by atoms with Crippen molar-refractivity contribution in [2.24, 2.45) is 5.92 Å². The number of halogens is 2. The van der Waals surface area contributed by atoms with E-state index < -0.39 is 28.7 Å². The molecule has 7 nitrogen and oxygen atoms in total. The average molecular weight is 443 g/mol. The molecule has 6 rings (SSSR count). The van der Waals surface area contributed by atoms with Gasteiger partial charge in [-0.25, -0.2) is 8.78 Å². The zero-order valence-electron chi connectivity index (χ0n) is 17.4. The van der Waals surface area contributed by atoms with Gasteiger partial charge in [-0.15, -0.1) is 0 Å². The summed E-state index contributed by atoms with van der Waals surface area (Å²) in [5, 5.41) is 13.0. The molecule has 1 aromatic heterocycles. The number of aromatic nitrogens is 1. The molecule has 1 saturated carbocycles. The van der Waals surface area contributed by atoms with Gasteiger partial charge in [0.2, 0.25) is 5.43 Å². The maximum atomic E-state index is 13.9. The Balaban J connectivity index is 1.47. The fourth-order valence-electron chi connectivity index (χ4n) is 5.45. The van der Waals surface area contributed by atoms with Gasteiger partial charge >= 0.3 is 0 Å². The summed E-state index contributed by atoms with van der Waals surface area (Å²) in [7, 11) is 0. The van der Waals surface area contributed by atoms with Crippen molar-refractivity contribution < 1.29 is 23.5 Å². The Hall–Kier alpha value is -3.23. The summed E-state index contributed by atoms with van der Waals surface area (Å²) in [5.41, 5.74) is -1.67. The van der Waals surface area contributed by atoms with E-state index >= 15 is 0 Å². The molecule has 2 N–H and O–H groups in total. The molecule has 32 heavy (non-hydrogen) atoms. The maximum absolute atomic E-state index is 13.9. The third kappa shape index (κ3) is 3.18. The predicted octanol–water partition coefficient (Wildman–Crippen LogP) is 2.55. The average Bonchev–Trinajstić information content (AvgIpc) is 3.07. The van der Waals surface area contributed by atoms with Gasteiger partial charge in [0.1, 0.15) is 17.2 Å². The summed E-state index contributed by atoms with van der Waals surface area (Å²) < 4.78 is 28.5. The summed E-state index contributed by atoms with van der Waals surface area (Å²) >= 11 is 0. The van der Waals surface area contributed by atoms with E-state index in [1.54, 1.807) is 0 Å². The summed E-state index contributed by atoms with van der Waals surface area (Å²) in [5.74, 6) is -3.04. The Morgan fingerprint density at radius 2 is 2.03 bits per heavy atom. The number of rotatable bonds is 3. The SMILES string of the molecule is O=C(NCc1ccc(F)cc1F)c1cn2c(c(O)c1=O)C(=O)N1C[C@@H]3CCC[C@]1(CC3)C2. The van der Waals surface area contributed by atoms with Crippen LogP contribution in [0.5, 0.6) is 5.75 Å². The number of carbonyl (C=O) groups is 2. The first-order valence-electron chi connectivity index (χ1n) is 10.8. The summed E-state index contributed by atoms with van der Waals surface area (Å²) in [6, 6.07) is 2.98. The topological polar surface area (TPSA) is 91.6 Å². The summed E-state index contributed by atoms with van der Waals surface area (Å²) in [4.78, 5) is 40.5. The predicted molar refractivity (Wildman–Crippen MR) is 110 cm³/mol. The number of carbonyl (C=O) groups excluding carboxylic acids is 2. The molecule has 2 aromatic rings. The van der Waals surface area contributed by atoms with Crippen molar-refractivity contribution in [1.82, 2.24) is 14.8 Å². The molecule has 0 unspecified atom stereocenters. The summed E-state index contributed by atoms with van der Waals surface area (Å²) in [6.45, 7) is 0.768. The van der Waals surface area contributed by atoms with Crippen LogP contribution in [0.1, 0.15) is 58.5 Å². The van der Waals surface area contributed by atoms with Crippen molar-refractivity contribution in [1.29, 1.82) is 0 Å². The maximum Gasteiger partial charge on any atom is 0.275 e. The minimum absolute atomic E-state index is 0.0574. The molecule has 0 radical (unpaired) electrons. The van der Waals surface area contributed by atoms with Crippen molar-refractivity contribution in [3.8, 4) is 5.75 Å². The van der Waals surface area contributed by atoms with Gasteiger partial charge in [0.15, 0.2) is 11.4 Å². The molecule has 4 aliphatic rings. The monoisotopic (exact) mass is 443 g/mol. The van der Waals surface area contributed by atoms with Gasteiger partial charge in [-0.3, -0.25) is 14.4 Å². The van der Waals surface area contributed by atoms with Gasteiger partial charge in [-0.05, 0) is 37.7 Å². The Labute approximate surface area is 182 Å². The van der Waals surface area contributed by atoms with E-state index in [1.165, 1.54) is 16.8 Å². The van der Waals surface area contributed by atoms with E-state index in [2.05, 4.69) is 5.32 Å². The minimum atomic E-state index is -0.947. The van der Waals surface area contributed by atoms with Crippen molar-refractivity contribution >= 4 is 11.8 Å². The lowest BCUT2D eigenvalue weighted by atomic mass is 9.81. The molecule has 1 aliphatic carbocycles. The van der Waals surface area contributed by atoms with Crippen LogP contribution in [-0.4, -0.2) is 38.5 Å². The van der Waals surface area contributed by atoms with Gasteiger partial charge in [0.25, 0.3) is 11.8 Å². The third-order valence-corrected chi connectivity index (χ3v) is 7.15. The highest BCUT2D eigenvalue weighted by Gasteiger charge is 2.50. The number of nitrogens with one attached hydrogen (secondary N) is 1. The van der Waals surface area contributed by atoms with Crippen molar-refractivity contribution in [2.75, 3.05) is 6.54 Å². The van der Waals surface area contributed by atoms with Crippen molar-refractivity contribution in [3.63, 3.8) is 0 Å². The lowest BCUT2D eigenvalue weighted by Gasteiger charge is -2.51. The van der Waals surface area contributed by atoms with Crippen LogP contribution < -0.4 is 10.7 Å². The number of hydrogen-bond acceptors (Lipinski definition) is 4. The highest BCUT2D eigenvalue weighted by Crippen LogP contribution is 2.45. The van der Waals surface area contributed by atoms with Crippen LogP contribution in [0.3, 0.4) is 0 Å². The van der Waals surface area contributed by atoms with Crippen molar-refractivity contribution in [2.45, 2.75) is 50.7 Å². The molecule has 2 bridgehead atoms. The number of amides is 2. The molecule has 2 amide bonds. The number of piperidine rings is 1. The molecule has 2 atom stereocenters. The second kappa shape index (κ2) is 7.43. The van der Waals surface area contributed by atoms with Crippen LogP contribution in [0.2, 0.25) is 0 Å². The molecule has 2 saturated heterocycles. The lowest BCUT2D eigenvalue weighted by Crippen LogP contribution is -2.61. The van der Waals surface area contributed by atoms with E-state index in [-0.39, 0.29) is 34.8 Å². The fraction of sp³-hybridized carbons (Fsp3) is 0.435. The molecule has 4 heterocycles. The normalized spacial score (nSPS) is 24.0. The largest absolute Gasteiger partial charge is 0.503 e. The molecule has 3 aliphatic heterocycles. The lowest BCUT2D eigenvalue weighted by molar-refractivity contribution is 0.00521. The van der Waals surface area contributed by atoms with Gasteiger partial charge < -0.3 is 19.9 Å². The third-order valence-electron chi connectivity index (χ3n) is 7.15. The van der Waals surface area contributed by atoms with Gasteiger partial charge in [0, 0.05) is 37.5 Å². The molecule has 9 heteroatoms. The van der Waals surface area contributed by atoms with E-state index in [0.29, 0.717) is 25.1 Å². The zero-order chi connectivity index (χ0) is 22.6. The molecule has 3 fully saturated rings. The van der Waals surface area contributed by atoms with Crippen LogP contribution in [0.25, 0.3) is 0 Å². The second-order valence-corrected chi connectivity index (χ2v) is 9.05. The Kier molecular flexibility index (Phi) is 4.79. The zero-order valence-corrected chi connectivity index (χ0v) is 17.4. The summed E-state index contributed by atoms with van der Waals surface area (Å²) in [6.07, 6.45) is 6.09. The number of nitrogens with zero attached hydrogens (tertiary/aromatic N) is 2. The second-order valence-electron chi connectivity index (χ2n) is 9.05. The van der Waals surface area contributed by atoms with E-state index in [1.807, 2.05) is 4.90 Å². The van der Waals surface area contributed by atoms with Gasteiger partial charge in [0.05, 0.1) is 5.54 Å². The molecule has 1 spiro atoms. The highest BCUT2D eigenvalue weighted by molar-refractivity contribution is 5.99. The minimum Gasteiger partial charge on any atom is -0.503 e. The number of hydrogen-bond donors (Lipinski definition) is 2. The molecule has 1 aromatic carbocycles. The Morgan fingerprint density at radius 3 is 2.81 bits per heavy atom. The Morgan fingerprint density at radius 1 is 1.22 bits per heavy atom. The van der Waals surface area contributed by atoms with E-state index in [4.69, 9.17) is 0 Å². The number of aromatic hydroxyl groups is 1. The van der Waals surface area contributed by atoms with E-state index in [9.17, 15) is 28.3 Å². The number of fused-ring (bicyclic) bond motifs is 4. The first-order chi connectivity index (χ1) is 15.3. The molecule has 168 valence electrons. The van der Waals surface area contributed by atoms with Crippen LogP contribution in [0, 0.1) is 17.6 Å². The number of benzene rings is 1. The molecular formula is C23H23F2N3O4. The van der Waals surface area contributed by atoms with Crippen molar-refractivity contribution in [3.05, 3.63) is 63.1 Å². The highest BCUT2D eigenvalue weighted by atomic mass is 19.1. The van der Waals surface area contributed by atoms with Crippen LogP contribution in [0.15, 0.2) is 29.2 Å². The quantitative estimate of drug-likeness (QED) is 0.763. The fourth-order valence-corrected chi connectivity index (χ4v) is 5.45. The Bertz CT molecular complexity index is 1190. The van der Waals surface area contributed by atoms with Gasteiger partial charge in [-0.1, -0.05) is 12.5 Å². The smallest absolute Gasteiger partial charge is 0.275 e. The van der Waals surface area contributed by atoms with Crippen LogP contribution in [-0.2, 0) is 13.1 Å². The first-order valence-corrected chi connectivity index (χ1v) is 10.8. The molecular weight excluding hydrogens is 420 g/mol.